The molecule has 4 nitrogen and oxygen atoms in total. The fourth-order valence-electron chi connectivity index (χ4n) is 2.72. The molecule has 0 saturated heterocycles. The van der Waals surface area contributed by atoms with E-state index in [4.69, 9.17) is 16.0 Å². The summed E-state index contributed by atoms with van der Waals surface area (Å²) >= 11 is 5.81. The molecule has 1 heterocycles. The fourth-order valence-corrected chi connectivity index (χ4v) is 2.85. The number of anilines is 1. The third kappa shape index (κ3) is 2.82. The number of carbonyl (C=O) groups excluding carboxylic acids is 1. The largest absolute Gasteiger partial charge is 0.453 e. The zero-order valence-corrected chi connectivity index (χ0v) is 14.0. The van der Waals surface area contributed by atoms with Crippen LogP contribution in [0.15, 0.2) is 69.9 Å². The van der Waals surface area contributed by atoms with Crippen molar-refractivity contribution in [3.63, 3.8) is 0 Å². The molecule has 0 aliphatic rings. The molecule has 0 radical (unpaired) electrons. The summed E-state index contributed by atoms with van der Waals surface area (Å²) in [6, 6.07) is 15.3. The first-order valence-corrected chi connectivity index (χ1v) is 8.13. The van der Waals surface area contributed by atoms with E-state index in [0.29, 0.717) is 21.7 Å². The van der Waals surface area contributed by atoms with Crippen molar-refractivity contribution in [1.29, 1.82) is 0 Å². The van der Waals surface area contributed by atoms with E-state index in [9.17, 15) is 14.0 Å². The molecule has 3 aromatic carbocycles. The number of rotatable bonds is 2. The lowest BCUT2D eigenvalue weighted by Crippen LogP contribution is -2.12. The van der Waals surface area contributed by atoms with E-state index in [0.717, 1.165) is 0 Å². The number of amides is 1. The first-order valence-electron chi connectivity index (χ1n) is 7.75. The number of halogens is 2. The summed E-state index contributed by atoms with van der Waals surface area (Å²) < 4.78 is 19.5. The monoisotopic (exact) mass is 367 g/mol. The molecule has 0 atom stereocenters. The molecular formula is C20H11ClFNO3. The standard InChI is InChI=1S/C20H11ClFNO3/c21-12-6-4-11(5-7-12)20(25)23-13-8-9-14-17(10-13)26-19-15(18(14)24)2-1-3-16(19)22/h1-10H,(H,23,25). The average Bonchev–Trinajstić information content (AvgIpc) is 2.63. The molecular weight excluding hydrogens is 357 g/mol. The van der Waals surface area contributed by atoms with Crippen LogP contribution in [0.2, 0.25) is 5.02 Å². The van der Waals surface area contributed by atoms with Crippen LogP contribution in [0.1, 0.15) is 10.4 Å². The number of carbonyl (C=O) groups is 1. The molecule has 4 aromatic rings. The zero-order valence-electron chi connectivity index (χ0n) is 13.3. The number of para-hydroxylation sites is 1. The second-order valence-electron chi connectivity index (χ2n) is 5.72. The summed E-state index contributed by atoms with van der Waals surface area (Å²) in [5.41, 5.74) is 0.626. The molecule has 4 rings (SSSR count). The fraction of sp³-hybridized carbons (Fsp3) is 0. The number of hydrogen-bond acceptors (Lipinski definition) is 3. The minimum atomic E-state index is -0.614. The van der Waals surface area contributed by atoms with Crippen molar-refractivity contribution < 1.29 is 13.6 Å². The van der Waals surface area contributed by atoms with Gasteiger partial charge in [-0.25, -0.2) is 4.39 Å². The maximum atomic E-state index is 13.9. The van der Waals surface area contributed by atoms with Crippen LogP contribution in [0.4, 0.5) is 10.1 Å². The van der Waals surface area contributed by atoms with Crippen LogP contribution in [-0.2, 0) is 0 Å². The van der Waals surface area contributed by atoms with Gasteiger partial charge in [0.05, 0.1) is 10.8 Å². The molecule has 1 aromatic heterocycles. The molecule has 0 fully saturated rings. The van der Waals surface area contributed by atoms with Crippen molar-refractivity contribution in [2.75, 3.05) is 5.32 Å². The summed E-state index contributed by atoms with van der Waals surface area (Å²) in [6.07, 6.45) is 0. The summed E-state index contributed by atoms with van der Waals surface area (Å²) in [6.45, 7) is 0. The van der Waals surface area contributed by atoms with E-state index >= 15 is 0 Å². The second-order valence-corrected chi connectivity index (χ2v) is 6.16. The molecule has 1 N–H and O–H groups in total. The van der Waals surface area contributed by atoms with E-state index in [-0.39, 0.29) is 27.9 Å². The molecule has 0 bridgehead atoms. The lowest BCUT2D eigenvalue weighted by molar-refractivity contribution is 0.102. The smallest absolute Gasteiger partial charge is 0.255 e. The summed E-state index contributed by atoms with van der Waals surface area (Å²) in [5.74, 6) is -0.951. The SMILES string of the molecule is O=C(Nc1ccc2c(=O)c3cccc(F)c3oc2c1)c1ccc(Cl)cc1. The first-order chi connectivity index (χ1) is 12.5. The summed E-state index contributed by atoms with van der Waals surface area (Å²) in [4.78, 5) is 24.8. The van der Waals surface area contributed by atoms with Crippen LogP contribution in [-0.4, -0.2) is 5.91 Å². The van der Waals surface area contributed by atoms with Crippen LogP contribution in [0.25, 0.3) is 21.9 Å². The molecule has 0 aliphatic carbocycles. The Morgan fingerprint density at radius 3 is 2.54 bits per heavy atom. The highest BCUT2D eigenvalue weighted by Crippen LogP contribution is 2.24. The van der Waals surface area contributed by atoms with Gasteiger partial charge in [-0.2, -0.15) is 0 Å². The molecule has 0 saturated carbocycles. The third-order valence-corrected chi connectivity index (χ3v) is 4.27. The topological polar surface area (TPSA) is 59.3 Å². The van der Waals surface area contributed by atoms with Crippen molar-refractivity contribution in [3.8, 4) is 0 Å². The van der Waals surface area contributed by atoms with Crippen molar-refractivity contribution in [3.05, 3.63) is 87.3 Å². The van der Waals surface area contributed by atoms with Crippen molar-refractivity contribution in [1.82, 2.24) is 0 Å². The minimum absolute atomic E-state index is 0.105. The van der Waals surface area contributed by atoms with Gasteiger partial charge < -0.3 is 9.73 Å². The molecule has 0 aliphatic heterocycles. The third-order valence-electron chi connectivity index (χ3n) is 4.01. The van der Waals surface area contributed by atoms with E-state index < -0.39 is 5.82 Å². The number of fused-ring (bicyclic) bond motifs is 2. The lowest BCUT2D eigenvalue weighted by Gasteiger charge is -2.07. The maximum Gasteiger partial charge on any atom is 0.255 e. The highest BCUT2D eigenvalue weighted by Gasteiger charge is 2.12. The summed E-state index contributed by atoms with van der Waals surface area (Å²) in [5, 5.41) is 3.73. The Labute approximate surface area is 151 Å². The highest BCUT2D eigenvalue weighted by atomic mass is 35.5. The predicted octanol–water partition coefficient (Wildman–Crippen LogP) is 4.99. The zero-order chi connectivity index (χ0) is 18.3. The van der Waals surface area contributed by atoms with Gasteiger partial charge in [0.15, 0.2) is 11.4 Å². The van der Waals surface area contributed by atoms with Gasteiger partial charge in [0.1, 0.15) is 5.58 Å². The molecule has 0 spiro atoms. The van der Waals surface area contributed by atoms with Gasteiger partial charge in [-0.15, -0.1) is 0 Å². The van der Waals surface area contributed by atoms with E-state index in [1.165, 1.54) is 24.3 Å². The van der Waals surface area contributed by atoms with Gasteiger partial charge in [0.2, 0.25) is 5.43 Å². The van der Waals surface area contributed by atoms with Crippen LogP contribution >= 0.6 is 11.6 Å². The van der Waals surface area contributed by atoms with Crippen LogP contribution < -0.4 is 10.7 Å². The quantitative estimate of drug-likeness (QED) is 0.508. The van der Waals surface area contributed by atoms with Crippen LogP contribution in [0, 0.1) is 5.82 Å². The normalized spacial score (nSPS) is 11.0. The van der Waals surface area contributed by atoms with E-state index in [1.54, 1.807) is 36.4 Å². The van der Waals surface area contributed by atoms with Crippen molar-refractivity contribution in [2.24, 2.45) is 0 Å². The van der Waals surface area contributed by atoms with Gasteiger partial charge in [-0.1, -0.05) is 17.7 Å². The Kier molecular flexibility index (Phi) is 3.93. The number of hydrogen-bond donors (Lipinski definition) is 1. The molecule has 6 heteroatoms. The Hall–Kier alpha value is -3.18. The van der Waals surface area contributed by atoms with Gasteiger partial charge in [-0.05, 0) is 48.5 Å². The molecule has 1 amide bonds. The molecule has 26 heavy (non-hydrogen) atoms. The summed E-state index contributed by atoms with van der Waals surface area (Å²) in [7, 11) is 0. The Balaban J connectivity index is 1.76. The lowest BCUT2D eigenvalue weighted by atomic mass is 10.1. The second kappa shape index (κ2) is 6.28. The Morgan fingerprint density at radius 2 is 1.77 bits per heavy atom. The van der Waals surface area contributed by atoms with Gasteiger partial charge in [0, 0.05) is 22.3 Å². The van der Waals surface area contributed by atoms with Gasteiger partial charge in [-0.3, -0.25) is 9.59 Å². The Bertz CT molecular complexity index is 1220. The van der Waals surface area contributed by atoms with Crippen molar-refractivity contribution >= 4 is 45.1 Å². The van der Waals surface area contributed by atoms with Crippen molar-refractivity contribution in [2.45, 2.75) is 0 Å². The van der Waals surface area contributed by atoms with Gasteiger partial charge >= 0.3 is 0 Å². The Morgan fingerprint density at radius 1 is 1.00 bits per heavy atom. The van der Waals surface area contributed by atoms with E-state index in [2.05, 4.69) is 5.32 Å². The molecule has 128 valence electrons. The predicted molar refractivity (Wildman–Crippen MR) is 99.4 cm³/mol. The number of nitrogens with one attached hydrogen (secondary N) is 1. The first kappa shape index (κ1) is 16.3. The van der Waals surface area contributed by atoms with Crippen LogP contribution in [0.3, 0.4) is 0 Å². The average molecular weight is 368 g/mol. The maximum absolute atomic E-state index is 13.9. The van der Waals surface area contributed by atoms with Gasteiger partial charge in [0.25, 0.3) is 5.91 Å². The highest BCUT2D eigenvalue weighted by molar-refractivity contribution is 6.30. The van der Waals surface area contributed by atoms with E-state index in [1.807, 2.05) is 0 Å². The minimum Gasteiger partial charge on any atom is -0.453 e. The molecule has 0 unspecified atom stereocenters. The number of benzene rings is 3. The van der Waals surface area contributed by atoms with Crippen LogP contribution in [0.5, 0.6) is 0 Å².